The van der Waals surface area contributed by atoms with Crippen LogP contribution in [0.3, 0.4) is 0 Å². The maximum Gasteiger partial charge on any atom is 0.236 e. The molecule has 1 amide bonds. The second kappa shape index (κ2) is 6.54. The second-order valence-electron chi connectivity index (χ2n) is 4.33. The summed E-state index contributed by atoms with van der Waals surface area (Å²) in [6.07, 6.45) is 2.52. The van der Waals surface area contributed by atoms with Gasteiger partial charge in [0, 0.05) is 23.6 Å². The van der Waals surface area contributed by atoms with Crippen molar-refractivity contribution in [3.63, 3.8) is 0 Å². The van der Waals surface area contributed by atoms with E-state index in [1.54, 1.807) is 13.0 Å². The van der Waals surface area contributed by atoms with Gasteiger partial charge in [-0.1, -0.05) is 0 Å². The number of H-pyrrole nitrogens is 1. The van der Waals surface area contributed by atoms with Gasteiger partial charge in [-0.2, -0.15) is 0 Å². The van der Waals surface area contributed by atoms with Crippen molar-refractivity contribution in [1.29, 1.82) is 0 Å². The van der Waals surface area contributed by atoms with E-state index in [9.17, 15) is 9.18 Å². The third-order valence-electron chi connectivity index (χ3n) is 2.84. The molecule has 0 fully saturated rings. The van der Waals surface area contributed by atoms with Gasteiger partial charge in [0.15, 0.2) is 0 Å². The SMILES string of the molecule is C[C@@H](N)C(=O)NCCc1c[nH]c2cc(F)ccc12.Cl. The molecule has 0 aliphatic rings. The molecule has 1 atom stereocenters. The molecule has 1 heterocycles. The fraction of sp³-hybridized carbons (Fsp3) is 0.308. The maximum atomic E-state index is 13.0. The first-order valence-corrected chi connectivity index (χ1v) is 5.86. The summed E-state index contributed by atoms with van der Waals surface area (Å²) in [7, 11) is 0. The third-order valence-corrected chi connectivity index (χ3v) is 2.84. The number of amides is 1. The predicted octanol–water partition coefficient (Wildman–Crippen LogP) is 1.73. The number of aromatic amines is 1. The Morgan fingerprint density at radius 2 is 2.26 bits per heavy atom. The monoisotopic (exact) mass is 285 g/mol. The van der Waals surface area contributed by atoms with Crippen LogP contribution < -0.4 is 11.1 Å². The fourth-order valence-corrected chi connectivity index (χ4v) is 1.85. The van der Waals surface area contributed by atoms with Crippen molar-refractivity contribution in [3.05, 3.63) is 35.8 Å². The molecule has 0 aliphatic carbocycles. The molecule has 6 heteroatoms. The van der Waals surface area contributed by atoms with E-state index in [0.717, 1.165) is 16.5 Å². The van der Waals surface area contributed by atoms with Gasteiger partial charge in [-0.05, 0) is 37.1 Å². The summed E-state index contributed by atoms with van der Waals surface area (Å²) in [4.78, 5) is 14.3. The molecule has 4 N–H and O–H groups in total. The molecule has 2 rings (SSSR count). The first-order valence-electron chi connectivity index (χ1n) is 5.86. The highest BCUT2D eigenvalue weighted by atomic mass is 35.5. The number of halogens is 2. The number of carbonyl (C=O) groups excluding carboxylic acids is 1. The van der Waals surface area contributed by atoms with Crippen LogP contribution in [0, 0.1) is 5.82 Å². The summed E-state index contributed by atoms with van der Waals surface area (Å²) in [6, 6.07) is 4.13. The number of rotatable bonds is 4. The van der Waals surface area contributed by atoms with Crippen molar-refractivity contribution in [2.24, 2.45) is 5.73 Å². The minimum Gasteiger partial charge on any atom is -0.361 e. The highest BCUT2D eigenvalue weighted by Crippen LogP contribution is 2.19. The molecule has 104 valence electrons. The number of benzene rings is 1. The van der Waals surface area contributed by atoms with Crippen molar-refractivity contribution in [3.8, 4) is 0 Å². The molecule has 1 aromatic carbocycles. The van der Waals surface area contributed by atoms with Crippen LogP contribution in [0.5, 0.6) is 0 Å². The lowest BCUT2D eigenvalue weighted by atomic mass is 10.1. The Balaban J connectivity index is 0.00000180. The van der Waals surface area contributed by atoms with Crippen LogP contribution in [-0.2, 0) is 11.2 Å². The number of hydrogen-bond acceptors (Lipinski definition) is 2. The zero-order valence-electron chi connectivity index (χ0n) is 10.6. The lowest BCUT2D eigenvalue weighted by Crippen LogP contribution is -2.39. The van der Waals surface area contributed by atoms with Crippen molar-refractivity contribution in [2.45, 2.75) is 19.4 Å². The quantitative estimate of drug-likeness (QED) is 0.801. The average molecular weight is 286 g/mol. The van der Waals surface area contributed by atoms with E-state index in [4.69, 9.17) is 5.73 Å². The lowest BCUT2D eigenvalue weighted by Gasteiger charge is -2.06. The molecule has 2 aromatic rings. The number of carbonyl (C=O) groups is 1. The lowest BCUT2D eigenvalue weighted by molar-refractivity contribution is -0.121. The smallest absolute Gasteiger partial charge is 0.236 e. The van der Waals surface area contributed by atoms with E-state index >= 15 is 0 Å². The Morgan fingerprint density at radius 1 is 1.53 bits per heavy atom. The van der Waals surface area contributed by atoms with Crippen LogP contribution in [0.4, 0.5) is 4.39 Å². The highest BCUT2D eigenvalue weighted by molar-refractivity contribution is 5.85. The van der Waals surface area contributed by atoms with Crippen LogP contribution >= 0.6 is 12.4 Å². The molecular formula is C13H17ClFN3O. The van der Waals surface area contributed by atoms with E-state index in [0.29, 0.717) is 13.0 Å². The zero-order chi connectivity index (χ0) is 13.1. The molecule has 0 bridgehead atoms. The van der Waals surface area contributed by atoms with Gasteiger partial charge in [0.05, 0.1) is 6.04 Å². The van der Waals surface area contributed by atoms with Gasteiger partial charge < -0.3 is 16.0 Å². The molecular weight excluding hydrogens is 269 g/mol. The molecule has 0 aliphatic heterocycles. The molecule has 19 heavy (non-hydrogen) atoms. The molecule has 4 nitrogen and oxygen atoms in total. The number of nitrogens with two attached hydrogens (primary N) is 1. The largest absolute Gasteiger partial charge is 0.361 e. The summed E-state index contributed by atoms with van der Waals surface area (Å²) in [6.45, 7) is 2.16. The summed E-state index contributed by atoms with van der Waals surface area (Å²) in [5.74, 6) is -0.429. The van der Waals surface area contributed by atoms with E-state index in [1.807, 2.05) is 6.20 Å². The molecule has 0 unspecified atom stereocenters. The fourth-order valence-electron chi connectivity index (χ4n) is 1.85. The normalized spacial score (nSPS) is 11.9. The number of hydrogen-bond donors (Lipinski definition) is 3. The molecule has 0 spiro atoms. The van der Waals surface area contributed by atoms with Crippen molar-refractivity contribution in [1.82, 2.24) is 10.3 Å². The first kappa shape index (κ1) is 15.5. The van der Waals surface area contributed by atoms with Gasteiger partial charge in [0.1, 0.15) is 5.82 Å². The van der Waals surface area contributed by atoms with Gasteiger partial charge in [-0.15, -0.1) is 12.4 Å². The Hall–Kier alpha value is -1.59. The summed E-state index contributed by atoms with van der Waals surface area (Å²) in [5, 5.41) is 3.72. The Labute approximate surface area is 117 Å². The Bertz CT molecular complexity index is 568. The van der Waals surface area contributed by atoms with E-state index in [2.05, 4.69) is 10.3 Å². The van der Waals surface area contributed by atoms with Crippen LogP contribution in [0.15, 0.2) is 24.4 Å². The zero-order valence-corrected chi connectivity index (χ0v) is 11.4. The third kappa shape index (κ3) is 3.68. The van der Waals surface area contributed by atoms with Crippen LogP contribution in [0.1, 0.15) is 12.5 Å². The first-order chi connectivity index (χ1) is 8.58. The molecule has 0 saturated heterocycles. The topological polar surface area (TPSA) is 70.9 Å². The van der Waals surface area contributed by atoms with Crippen molar-refractivity contribution < 1.29 is 9.18 Å². The standard InChI is InChI=1S/C13H16FN3O.ClH/c1-8(15)13(18)16-5-4-9-7-17-12-6-10(14)2-3-11(9)12;/h2-3,6-8,17H,4-5,15H2,1H3,(H,16,18);1H/t8-;/m1./s1. The average Bonchev–Trinajstić information content (AvgIpc) is 2.71. The van der Waals surface area contributed by atoms with Crippen molar-refractivity contribution in [2.75, 3.05) is 6.54 Å². The van der Waals surface area contributed by atoms with Gasteiger partial charge >= 0.3 is 0 Å². The van der Waals surface area contributed by atoms with Crippen LogP contribution in [0.2, 0.25) is 0 Å². The van der Waals surface area contributed by atoms with E-state index in [-0.39, 0.29) is 24.1 Å². The van der Waals surface area contributed by atoms with Gasteiger partial charge in [-0.25, -0.2) is 4.39 Å². The summed E-state index contributed by atoms with van der Waals surface area (Å²) < 4.78 is 13.0. The Kier molecular flexibility index (Phi) is 5.32. The maximum absolute atomic E-state index is 13.0. The van der Waals surface area contributed by atoms with E-state index in [1.165, 1.54) is 12.1 Å². The molecule has 0 saturated carbocycles. The van der Waals surface area contributed by atoms with E-state index < -0.39 is 6.04 Å². The van der Waals surface area contributed by atoms with Crippen LogP contribution in [0.25, 0.3) is 10.9 Å². The molecule has 1 aromatic heterocycles. The number of fused-ring (bicyclic) bond motifs is 1. The summed E-state index contributed by atoms with van der Waals surface area (Å²) >= 11 is 0. The second-order valence-corrected chi connectivity index (χ2v) is 4.33. The van der Waals surface area contributed by atoms with Gasteiger partial charge in [0.25, 0.3) is 0 Å². The predicted molar refractivity (Wildman–Crippen MR) is 75.9 cm³/mol. The minimum absolute atomic E-state index is 0. The molecule has 0 radical (unpaired) electrons. The van der Waals surface area contributed by atoms with Crippen molar-refractivity contribution >= 4 is 29.2 Å². The van der Waals surface area contributed by atoms with Gasteiger partial charge in [-0.3, -0.25) is 4.79 Å². The summed E-state index contributed by atoms with van der Waals surface area (Å²) in [5.41, 5.74) is 7.26. The minimum atomic E-state index is -0.498. The number of nitrogens with one attached hydrogen (secondary N) is 2. The number of aromatic nitrogens is 1. The van der Waals surface area contributed by atoms with Gasteiger partial charge in [0.2, 0.25) is 5.91 Å². The van der Waals surface area contributed by atoms with Crippen LogP contribution in [-0.4, -0.2) is 23.5 Å². The highest BCUT2D eigenvalue weighted by Gasteiger charge is 2.08. The Morgan fingerprint density at radius 3 is 2.95 bits per heavy atom.